The number of aryl methyl sites for hydroxylation is 1. The fourth-order valence-corrected chi connectivity index (χ4v) is 3.24. The second-order valence-corrected chi connectivity index (χ2v) is 6.95. The molecule has 0 aliphatic heterocycles. The van der Waals surface area contributed by atoms with Crippen molar-refractivity contribution in [2.75, 3.05) is 6.54 Å². The van der Waals surface area contributed by atoms with Crippen molar-refractivity contribution < 1.29 is 0 Å². The van der Waals surface area contributed by atoms with E-state index in [9.17, 15) is 0 Å². The van der Waals surface area contributed by atoms with E-state index in [1.807, 2.05) is 0 Å². The van der Waals surface area contributed by atoms with Crippen molar-refractivity contribution in [3.05, 3.63) is 35.4 Å². The first-order valence-electron chi connectivity index (χ1n) is 9.02. The molecule has 0 radical (unpaired) electrons. The average Bonchev–Trinajstić information content (AvgIpc) is 3.31. The Hall–Kier alpha value is -0.820. The number of nitrogens with one attached hydrogen (secondary N) is 1. The molecule has 2 atom stereocenters. The molecule has 2 rings (SSSR count). The van der Waals surface area contributed by atoms with Crippen molar-refractivity contribution in [3.8, 4) is 0 Å². The van der Waals surface area contributed by atoms with Gasteiger partial charge in [-0.25, -0.2) is 0 Å². The molecule has 1 fully saturated rings. The maximum atomic E-state index is 3.76. The summed E-state index contributed by atoms with van der Waals surface area (Å²) in [6.07, 6.45) is 9.55. The van der Waals surface area contributed by atoms with E-state index in [1.54, 1.807) is 0 Å². The van der Waals surface area contributed by atoms with Gasteiger partial charge < -0.3 is 5.32 Å². The number of unbranched alkanes of at least 4 members (excludes halogenated alkanes) is 1. The lowest BCUT2D eigenvalue weighted by Gasteiger charge is -2.24. The van der Waals surface area contributed by atoms with Gasteiger partial charge in [0.2, 0.25) is 0 Å². The van der Waals surface area contributed by atoms with Crippen LogP contribution in [0.25, 0.3) is 0 Å². The smallest absolute Gasteiger partial charge is 0.00684 e. The predicted octanol–water partition coefficient (Wildman–Crippen LogP) is 5.44. The molecule has 1 saturated carbocycles. The van der Waals surface area contributed by atoms with Crippen LogP contribution in [-0.2, 0) is 0 Å². The Bertz CT molecular complexity index is 408. The summed E-state index contributed by atoms with van der Waals surface area (Å²) < 4.78 is 0. The van der Waals surface area contributed by atoms with Crippen LogP contribution in [-0.4, -0.2) is 12.6 Å². The molecule has 1 nitrogen and oxygen atoms in total. The maximum absolute atomic E-state index is 3.76. The Morgan fingerprint density at radius 2 is 2.05 bits per heavy atom. The monoisotopic (exact) mass is 287 g/mol. The highest BCUT2D eigenvalue weighted by Gasteiger charge is 2.23. The first-order chi connectivity index (χ1) is 10.2. The van der Waals surface area contributed by atoms with Crippen molar-refractivity contribution in [2.24, 2.45) is 5.92 Å². The van der Waals surface area contributed by atoms with Gasteiger partial charge in [0.05, 0.1) is 0 Å². The summed E-state index contributed by atoms with van der Waals surface area (Å²) in [5.41, 5.74) is 2.93. The molecule has 1 aliphatic carbocycles. The van der Waals surface area contributed by atoms with E-state index in [4.69, 9.17) is 0 Å². The number of hydrogen-bond acceptors (Lipinski definition) is 1. The molecule has 0 bridgehead atoms. The maximum Gasteiger partial charge on any atom is 0.00684 e. The van der Waals surface area contributed by atoms with E-state index in [0.717, 1.165) is 18.5 Å². The van der Waals surface area contributed by atoms with Gasteiger partial charge in [-0.2, -0.15) is 0 Å². The van der Waals surface area contributed by atoms with Gasteiger partial charge in [0.1, 0.15) is 0 Å². The van der Waals surface area contributed by atoms with Crippen LogP contribution in [0.1, 0.15) is 75.8 Å². The molecule has 1 aromatic rings. The summed E-state index contributed by atoms with van der Waals surface area (Å²) in [4.78, 5) is 0. The lowest BCUT2D eigenvalue weighted by Crippen LogP contribution is -2.25. The second-order valence-electron chi connectivity index (χ2n) is 6.95. The zero-order valence-electron chi connectivity index (χ0n) is 14.2. The highest BCUT2D eigenvalue weighted by atomic mass is 14.9. The lowest BCUT2D eigenvalue weighted by molar-refractivity contribution is 0.375. The molecule has 1 N–H and O–H groups in total. The third-order valence-electron chi connectivity index (χ3n) is 4.90. The summed E-state index contributed by atoms with van der Waals surface area (Å²) in [5.74, 6) is 1.57. The van der Waals surface area contributed by atoms with Crippen molar-refractivity contribution >= 4 is 0 Å². The number of rotatable bonds is 10. The molecule has 1 aliphatic rings. The molecule has 118 valence electrons. The van der Waals surface area contributed by atoms with Gasteiger partial charge >= 0.3 is 0 Å². The van der Waals surface area contributed by atoms with Crippen molar-refractivity contribution in [2.45, 2.75) is 77.7 Å². The van der Waals surface area contributed by atoms with Crippen molar-refractivity contribution in [1.29, 1.82) is 0 Å². The molecule has 0 spiro atoms. The zero-order chi connectivity index (χ0) is 15.1. The summed E-state index contributed by atoms with van der Waals surface area (Å²) in [7, 11) is 0. The summed E-state index contributed by atoms with van der Waals surface area (Å²) >= 11 is 0. The van der Waals surface area contributed by atoms with Crippen LogP contribution >= 0.6 is 0 Å². The third-order valence-corrected chi connectivity index (χ3v) is 4.90. The molecular weight excluding hydrogens is 254 g/mol. The quantitative estimate of drug-likeness (QED) is 0.604. The van der Waals surface area contributed by atoms with Crippen LogP contribution in [0.3, 0.4) is 0 Å². The molecule has 1 heteroatoms. The fourth-order valence-electron chi connectivity index (χ4n) is 3.24. The molecule has 0 saturated heterocycles. The van der Waals surface area contributed by atoms with Crippen LogP contribution in [0.5, 0.6) is 0 Å². The van der Waals surface area contributed by atoms with Crippen LogP contribution in [0.2, 0.25) is 0 Å². The Labute approximate surface area is 131 Å². The van der Waals surface area contributed by atoms with Gasteiger partial charge in [-0.05, 0) is 43.6 Å². The molecule has 0 amide bonds. The van der Waals surface area contributed by atoms with Gasteiger partial charge in [-0.1, -0.05) is 69.4 Å². The second kappa shape index (κ2) is 8.58. The molecule has 0 heterocycles. The standard InChI is InChI=1S/C20H33N/c1-4-6-9-17(5-2)14-19(15-21-20-11-12-20)18-10-7-8-16(3)13-18/h7-8,10,13,17,19-21H,4-6,9,11-12,14-15H2,1-3H3. The Morgan fingerprint density at radius 3 is 2.67 bits per heavy atom. The average molecular weight is 287 g/mol. The van der Waals surface area contributed by atoms with E-state index in [0.29, 0.717) is 5.92 Å². The first-order valence-corrected chi connectivity index (χ1v) is 9.02. The molecule has 0 aromatic heterocycles. The highest BCUT2D eigenvalue weighted by molar-refractivity contribution is 5.26. The van der Waals surface area contributed by atoms with Gasteiger partial charge in [0, 0.05) is 12.6 Å². The molecule has 1 aromatic carbocycles. The summed E-state index contributed by atoms with van der Waals surface area (Å²) in [6, 6.07) is 9.98. The molecule has 21 heavy (non-hydrogen) atoms. The fraction of sp³-hybridized carbons (Fsp3) is 0.700. The van der Waals surface area contributed by atoms with E-state index in [1.165, 1.54) is 56.1 Å². The van der Waals surface area contributed by atoms with E-state index < -0.39 is 0 Å². The van der Waals surface area contributed by atoms with Gasteiger partial charge in [-0.3, -0.25) is 0 Å². The van der Waals surface area contributed by atoms with Crippen molar-refractivity contribution in [1.82, 2.24) is 5.32 Å². The minimum absolute atomic E-state index is 0.687. The molecular formula is C20H33N. The van der Waals surface area contributed by atoms with Gasteiger partial charge in [-0.15, -0.1) is 0 Å². The van der Waals surface area contributed by atoms with E-state index in [-0.39, 0.29) is 0 Å². The predicted molar refractivity (Wildman–Crippen MR) is 92.9 cm³/mol. The summed E-state index contributed by atoms with van der Waals surface area (Å²) in [6.45, 7) is 8.04. The van der Waals surface area contributed by atoms with Gasteiger partial charge in [0.25, 0.3) is 0 Å². The minimum atomic E-state index is 0.687. The normalized spacial score (nSPS) is 17.7. The zero-order valence-corrected chi connectivity index (χ0v) is 14.2. The minimum Gasteiger partial charge on any atom is -0.313 e. The van der Waals surface area contributed by atoms with Crippen LogP contribution in [0.4, 0.5) is 0 Å². The largest absolute Gasteiger partial charge is 0.313 e. The van der Waals surface area contributed by atoms with Crippen LogP contribution in [0.15, 0.2) is 24.3 Å². The third kappa shape index (κ3) is 5.82. The Kier molecular flexibility index (Phi) is 6.76. The van der Waals surface area contributed by atoms with E-state index in [2.05, 4.69) is 50.4 Å². The Morgan fingerprint density at radius 1 is 1.24 bits per heavy atom. The number of hydrogen-bond donors (Lipinski definition) is 1. The first kappa shape index (κ1) is 16.5. The SMILES string of the molecule is CCCCC(CC)CC(CNC1CC1)c1cccc(C)c1. The summed E-state index contributed by atoms with van der Waals surface area (Å²) in [5, 5.41) is 3.76. The highest BCUT2D eigenvalue weighted by Crippen LogP contribution is 2.30. The lowest BCUT2D eigenvalue weighted by atomic mass is 9.84. The Balaban J connectivity index is 1.99. The number of benzene rings is 1. The van der Waals surface area contributed by atoms with Crippen LogP contribution in [0, 0.1) is 12.8 Å². The van der Waals surface area contributed by atoms with Crippen molar-refractivity contribution in [3.63, 3.8) is 0 Å². The van der Waals surface area contributed by atoms with Gasteiger partial charge in [0.15, 0.2) is 0 Å². The topological polar surface area (TPSA) is 12.0 Å². The van der Waals surface area contributed by atoms with E-state index >= 15 is 0 Å². The van der Waals surface area contributed by atoms with Crippen LogP contribution < -0.4 is 5.32 Å². The molecule has 2 unspecified atom stereocenters.